The molecule has 0 spiro atoms. The Kier molecular flexibility index (Phi) is 4.27. The predicted molar refractivity (Wildman–Crippen MR) is 64.3 cm³/mol. The SMILES string of the molecule is Cc1cc(C(=O)N(CCC#N)C(C)C)n(C)n1. The summed E-state index contributed by atoms with van der Waals surface area (Å²) in [4.78, 5) is 14.0. The first-order valence-electron chi connectivity index (χ1n) is 5.66. The van der Waals surface area contributed by atoms with E-state index >= 15 is 0 Å². The highest BCUT2D eigenvalue weighted by molar-refractivity contribution is 5.92. The van der Waals surface area contributed by atoms with Gasteiger partial charge in [-0.15, -0.1) is 0 Å². The van der Waals surface area contributed by atoms with Crippen LogP contribution in [0.3, 0.4) is 0 Å². The van der Waals surface area contributed by atoms with Crippen LogP contribution in [-0.2, 0) is 7.05 Å². The summed E-state index contributed by atoms with van der Waals surface area (Å²) in [5.41, 5.74) is 1.38. The molecule has 0 aliphatic carbocycles. The number of aromatic nitrogens is 2. The second-order valence-electron chi connectivity index (χ2n) is 4.29. The number of hydrogen-bond acceptors (Lipinski definition) is 3. The molecule has 0 unspecified atom stereocenters. The Balaban J connectivity index is 2.92. The van der Waals surface area contributed by atoms with Crippen LogP contribution in [-0.4, -0.2) is 33.2 Å². The number of nitriles is 1. The van der Waals surface area contributed by atoms with Crippen LogP contribution in [0.4, 0.5) is 0 Å². The molecular formula is C12H18N4O. The fraction of sp³-hybridized carbons (Fsp3) is 0.583. The van der Waals surface area contributed by atoms with Crippen molar-refractivity contribution in [2.24, 2.45) is 7.05 Å². The van der Waals surface area contributed by atoms with Gasteiger partial charge in [0.1, 0.15) is 5.69 Å². The van der Waals surface area contributed by atoms with Crippen molar-refractivity contribution < 1.29 is 4.79 Å². The molecule has 0 fully saturated rings. The number of carbonyl (C=O) groups is 1. The van der Waals surface area contributed by atoms with Gasteiger partial charge in [0.05, 0.1) is 18.2 Å². The minimum atomic E-state index is -0.0710. The van der Waals surface area contributed by atoms with Gasteiger partial charge in [-0.2, -0.15) is 10.4 Å². The number of aryl methyl sites for hydroxylation is 2. The molecule has 1 aromatic rings. The molecule has 0 atom stereocenters. The minimum Gasteiger partial charge on any atom is -0.334 e. The molecule has 1 amide bonds. The van der Waals surface area contributed by atoms with Crippen LogP contribution in [0.25, 0.3) is 0 Å². The zero-order chi connectivity index (χ0) is 13.0. The standard InChI is InChI=1S/C12H18N4O/c1-9(2)16(7-5-6-13)12(17)11-8-10(3)14-15(11)4/h8-9H,5,7H2,1-4H3. The van der Waals surface area contributed by atoms with Crippen molar-refractivity contribution in [3.8, 4) is 6.07 Å². The maximum Gasteiger partial charge on any atom is 0.272 e. The lowest BCUT2D eigenvalue weighted by Crippen LogP contribution is -2.38. The van der Waals surface area contributed by atoms with Gasteiger partial charge in [0.25, 0.3) is 5.91 Å². The molecule has 17 heavy (non-hydrogen) atoms. The quantitative estimate of drug-likeness (QED) is 0.793. The number of amides is 1. The van der Waals surface area contributed by atoms with Crippen LogP contribution >= 0.6 is 0 Å². The fourth-order valence-electron chi connectivity index (χ4n) is 1.72. The molecule has 0 N–H and O–H groups in total. The van der Waals surface area contributed by atoms with Gasteiger partial charge in [0.2, 0.25) is 0 Å². The fourth-order valence-corrected chi connectivity index (χ4v) is 1.72. The van der Waals surface area contributed by atoms with Gasteiger partial charge in [-0.3, -0.25) is 9.48 Å². The summed E-state index contributed by atoms with van der Waals surface area (Å²) in [7, 11) is 1.75. The van der Waals surface area contributed by atoms with Gasteiger partial charge in [-0.05, 0) is 26.8 Å². The van der Waals surface area contributed by atoms with E-state index < -0.39 is 0 Å². The lowest BCUT2D eigenvalue weighted by Gasteiger charge is -2.25. The highest BCUT2D eigenvalue weighted by Gasteiger charge is 2.21. The zero-order valence-corrected chi connectivity index (χ0v) is 10.8. The van der Waals surface area contributed by atoms with Crippen molar-refractivity contribution in [1.29, 1.82) is 5.26 Å². The third kappa shape index (κ3) is 3.06. The van der Waals surface area contributed by atoms with E-state index in [2.05, 4.69) is 11.2 Å². The van der Waals surface area contributed by atoms with E-state index in [0.717, 1.165) is 5.69 Å². The normalized spacial score (nSPS) is 10.4. The van der Waals surface area contributed by atoms with Crippen LogP contribution < -0.4 is 0 Å². The summed E-state index contributed by atoms with van der Waals surface area (Å²) in [6.45, 7) is 6.19. The first-order chi connectivity index (χ1) is 7.97. The Labute approximate surface area is 102 Å². The summed E-state index contributed by atoms with van der Waals surface area (Å²) >= 11 is 0. The number of hydrogen-bond donors (Lipinski definition) is 0. The average molecular weight is 234 g/mol. The maximum absolute atomic E-state index is 12.3. The van der Waals surface area contributed by atoms with E-state index in [1.807, 2.05) is 20.8 Å². The van der Waals surface area contributed by atoms with Crippen molar-refractivity contribution in [3.63, 3.8) is 0 Å². The van der Waals surface area contributed by atoms with Crippen molar-refractivity contribution in [2.75, 3.05) is 6.54 Å². The molecule has 1 aromatic heterocycles. The Morgan fingerprint density at radius 2 is 2.29 bits per heavy atom. The third-order valence-electron chi connectivity index (χ3n) is 2.57. The highest BCUT2D eigenvalue weighted by Crippen LogP contribution is 2.10. The van der Waals surface area contributed by atoms with E-state index in [4.69, 9.17) is 5.26 Å². The van der Waals surface area contributed by atoms with Gasteiger partial charge in [-0.25, -0.2) is 0 Å². The van der Waals surface area contributed by atoms with E-state index in [1.165, 1.54) is 0 Å². The smallest absolute Gasteiger partial charge is 0.272 e. The van der Waals surface area contributed by atoms with Crippen LogP contribution in [0.1, 0.15) is 36.5 Å². The van der Waals surface area contributed by atoms with Crippen molar-refractivity contribution >= 4 is 5.91 Å². The molecule has 1 heterocycles. The highest BCUT2D eigenvalue weighted by atomic mass is 16.2. The predicted octanol–water partition coefficient (Wildman–Crippen LogP) is 1.49. The summed E-state index contributed by atoms with van der Waals surface area (Å²) in [5.74, 6) is -0.0710. The number of carbonyl (C=O) groups excluding carboxylic acids is 1. The van der Waals surface area contributed by atoms with Gasteiger partial charge in [0.15, 0.2) is 0 Å². The molecule has 0 saturated heterocycles. The largest absolute Gasteiger partial charge is 0.334 e. The minimum absolute atomic E-state index is 0.0710. The van der Waals surface area contributed by atoms with Crippen LogP contribution in [0.5, 0.6) is 0 Å². The van der Waals surface area contributed by atoms with Crippen molar-refractivity contribution in [1.82, 2.24) is 14.7 Å². The molecule has 5 nitrogen and oxygen atoms in total. The van der Waals surface area contributed by atoms with E-state index in [1.54, 1.807) is 22.7 Å². The number of nitrogens with zero attached hydrogens (tertiary/aromatic N) is 4. The second-order valence-corrected chi connectivity index (χ2v) is 4.29. The van der Waals surface area contributed by atoms with Crippen molar-refractivity contribution in [2.45, 2.75) is 33.2 Å². The summed E-state index contributed by atoms with van der Waals surface area (Å²) in [5, 5.41) is 12.8. The lowest BCUT2D eigenvalue weighted by atomic mass is 10.2. The molecule has 0 saturated carbocycles. The Bertz CT molecular complexity index is 442. The van der Waals surface area contributed by atoms with Gasteiger partial charge >= 0.3 is 0 Å². The third-order valence-corrected chi connectivity index (χ3v) is 2.57. The van der Waals surface area contributed by atoms with E-state index in [0.29, 0.717) is 18.7 Å². The lowest BCUT2D eigenvalue weighted by molar-refractivity contribution is 0.0699. The summed E-state index contributed by atoms with van der Waals surface area (Å²) < 4.78 is 1.58. The van der Waals surface area contributed by atoms with Gasteiger partial charge in [0, 0.05) is 19.6 Å². The summed E-state index contributed by atoms with van der Waals surface area (Å²) in [6.07, 6.45) is 0.348. The van der Waals surface area contributed by atoms with E-state index in [-0.39, 0.29) is 11.9 Å². The maximum atomic E-state index is 12.3. The molecule has 1 rings (SSSR count). The molecule has 0 radical (unpaired) electrons. The van der Waals surface area contributed by atoms with Crippen LogP contribution in [0, 0.1) is 18.3 Å². The zero-order valence-electron chi connectivity index (χ0n) is 10.8. The Morgan fingerprint density at radius 1 is 1.65 bits per heavy atom. The molecule has 5 heteroatoms. The van der Waals surface area contributed by atoms with Gasteiger partial charge in [-0.1, -0.05) is 0 Å². The molecule has 0 aliphatic heterocycles. The van der Waals surface area contributed by atoms with Gasteiger partial charge < -0.3 is 4.90 Å². The van der Waals surface area contributed by atoms with Crippen LogP contribution in [0.15, 0.2) is 6.07 Å². The molecule has 0 aliphatic rings. The number of rotatable bonds is 4. The topological polar surface area (TPSA) is 61.9 Å². The molecule has 0 bridgehead atoms. The molecule has 92 valence electrons. The Hall–Kier alpha value is -1.83. The second kappa shape index (κ2) is 5.48. The monoisotopic (exact) mass is 234 g/mol. The van der Waals surface area contributed by atoms with Crippen molar-refractivity contribution in [3.05, 3.63) is 17.5 Å². The molecule has 0 aromatic carbocycles. The Morgan fingerprint density at radius 3 is 2.71 bits per heavy atom. The summed E-state index contributed by atoms with van der Waals surface area (Å²) in [6, 6.07) is 3.91. The van der Waals surface area contributed by atoms with E-state index in [9.17, 15) is 4.79 Å². The first-order valence-corrected chi connectivity index (χ1v) is 5.66. The molecular weight excluding hydrogens is 216 g/mol. The first kappa shape index (κ1) is 13.2. The van der Waals surface area contributed by atoms with Crippen LogP contribution in [0.2, 0.25) is 0 Å². The average Bonchev–Trinajstić information content (AvgIpc) is 2.57.